The van der Waals surface area contributed by atoms with E-state index in [1.54, 1.807) is 12.3 Å². The number of hydrogen-bond acceptors (Lipinski definition) is 4. The summed E-state index contributed by atoms with van der Waals surface area (Å²) in [7, 11) is 0. The number of pyridine rings is 2. The van der Waals surface area contributed by atoms with E-state index in [-0.39, 0.29) is 5.69 Å². The molecule has 0 unspecified atom stereocenters. The predicted octanol–water partition coefficient (Wildman–Crippen LogP) is 4.36. The maximum Gasteiger partial charge on any atom is 0.296 e. The highest BCUT2D eigenvalue weighted by Crippen LogP contribution is 2.32. The van der Waals surface area contributed by atoms with E-state index in [1.165, 1.54) is 0 Å². The van der Waals surface area contributed by atoms with E-state index in [0.717, 1.165) is 21.8 Å². The average Bonchev–Trinajstić information content (AvgIpc) is 2.60. The average molecular weight is 301 g/mol. The van der Waals surface area contributed by atoms with Gasteiger partial charge < -0.3 is 0 Å². The summed E-state index contributed by atoms with van der Waals surface area (Å²) in [5.41, 5.74) is 2.54. The van der Waals surface area contributed by atoms with Gasteiger partial charge in [0.05, 0.1) is 16.0 Å². The lowest BCUT2D eigenvalue weighted by Crippen LogP contribution is -1.96. The lowest BCUT2D eigenvalue weighted by molar-refractivity contribution is -0.384. The van der Waals surface area contributed by atoms with Crippen molar-refractivity contribution in [3.05, 3.63) is 77.0 Å². The van der Waals surface area contributed by atoms with E-state index in [2.05, 4.69) is 9.97 Å². The Balaban J connectivity index is 2.01. The Hall–Kier alpha value is -3.34. The number of rotatable bonds is 2. The van der Waals surface area contributed by atoms with Crippen LogP contribution in [-0.2, 0) is 0 Å². The van der Waals surface area contributed by atoms with Crippen LogP contribution < -0.4 is 0 Å². The zero-order valence-electron chi connectivity index (χ0n) is 12.0. The van der Waals surface area contributed by atoms with Gasteiger partial charge in [-0.2, -0.15) is 0 Å². The number of benzene rings is 2. The highest BCUT2D eigenvalue weighted by atomic mass is 16.6. The minimum absolute atomic E-state index is 0.0132. The first-order valence-electron chi connectivity index (χ1n) is 7.12. The summed E-state index contributed by atoms with van der Waals surface area (Å²) in [5, 5.41) is 13.1. The molecule has 5 nitrogen and oxygen atoms in total. The van der Waals surface area contributed by atoms with Crippen LogP contribution in [0.2, 0.25) is 0 Å². The maximum absolute atomic E-state index is 11.4. The molecule has 0 aliphatic heterocycles. The zero-order valence-corrected chi connectivity index (χ0v) is 12.0. The SMILES string of the molecule is O=[N+]([O-])c1cc2ccccc2nc1-c1cnc2ccccc2c1. The van der Waals surface area contributed by atoms with Crippen molar-refractivity contribution in [1.82, 2.24) is 9.97 Å². The number of para-hydroxylation sites is 2. The van der Waals surface area contributed by atoms with Crippen molar-refractivity contribution in [2.75, 3.05) is 0 Å². The van der Waals surface area contributed by atoms with Crippen molar-refractivity contribution in [1.29, 1.82) is 0 Å². The van der Waals surface area contributed by atoms with Crippen LogP contribution in [0.1, 0.15) is 0 Å². The van der Waals surface area contributed by atoms with Gasteiger partial charge in [-0.15, -0.1) is 0 Å². The molecular weight excluding hydrogens is 290 g/mol. The standard InChI is InChI=1S/C18H11N3O2/c22-21(23)17-10-13-6-2-4-8-16(13)20-18(17)14-9-12-5-1-3-7-15(12)19-11-14/h1-11H. The molecule has 0 aliphatic carbocycles. The molecule has 0 spiro atoms. The molecule has 0 radical (unpaired) electrons. The maximum atomic E-state index is 11.4. The van der Waals surface area contributed by atoms with Crippen molar-refractivity contribution in [3.8, 4) is 11.3 Å². The van der Waals surface area contributed by atoms with Crippen LogP contribution >= 0.6 is 0 Å². The molecule has 0 saturated heterocycles. The summed E-state index contributed by atoms with van der Waals surface area (Å²) >= 11 is 0. The fraction of sp³-hybridized carbons (Fsp3) is 0. The van der Waals surface area contributed by atoms with E-state index in [4.69, 9.17) is 0 Å². The molecule has 4 aromatic rings. The van der Waals surface area contributed by atoms with Gasteiger partial charge in [0, 0.05) is 28.6 Å². The molecule has 0 amide bonds. The van der Waals surface area contributed by atoms with Crippen LogP contribution in [0.3, 0.4) is 0 Å². The van der Waals surface area contributed by atoms with E-state index in [1.807, 2.05) is 54.6 Å². The van der Waals surface area contributed by atoms with Gasteiger partial charge >= 0.3 is 0 Å². The summed E-state index contributed by atoms with van der Waals surface area (Å²) < 4.78 is 0. The Morgan fingerprint density at radius 3 is 2.26 bits per heavy atom. The van der Waals surface area contributed by atoms with E-state index in [9.17, 15) is 10.1 Å². The second-order valence-corrected chi connectivity index (χ2v) is 5.22. The molecule has 5 heteroatoms. The van der Waals surface area contributed by atoms with Crippen molar-refractivity contribution in [3.63, 3.8) is 0 Å². The Bertz CT molecular complexity index is 1060. The number of nitrogens with zero attached hydrogens (tertiary/aromatic N) is 3. The Labute approximate surface area is 131 Å². The van der Waals surface area contributed by atoms with Crippen LogP contribution in [-0.4, -0.2) is 14.9 Å². The summed E-state index contributed by atoms with van der Waals surface area (Å²) in [4.78, 5) is 19.9. The molecular formula is C18H11N3O2. The van der Waals surface area contributed by atoms with Crippen LogP contribution in [0.25, 0.3) is 33.1 Å². The molecule has 0 aliphatic rings. The van der Waals surface area contributed by atoms with Crippen molar-refractivity contribution in [2.24, 2.45) is 0 Å². The van der Waals surface area contributed by atoms with Gasteiger partial charge in [0.15, 0.2) is 0 Å². The van der Waals surface area contributed by atoms with E-state index >= 15 is 0 Å². The Kier molecular flexibility index (Phi) is 2.98. The molecule has 0 N–H and O–H groups in total. The van der Waals surface area contributed by atoms with Crippen LogP contribution in [0.15, 0.2) is 66.9 Å². The molecule has 0 saturated carbocycles. The second kappa shape index (κ2) is 5.14. The zero-order chi connectivity index (χ0) is 15.8. The lowest BCUT2D eigenvalue weighted by atomic mass is 10.1. The van der Waals surface area contributed by atoms with Gasteiger partial charge in [0.1, 0.15) is 5.69 Å². The second-order valence-electron chi connectivity index (χ2n) is 5.22. The quantitative estimate of drug-likeness (QED) is 0.407. The van der Waals surface area contributed by atoms with Crippen molar-refractivity contribution < 1.29 is 4.92 Å². The van der Waals surface area contributed by atoms with Gasteiger partial charge in [-0.05, 0) is 18.2 Å². The van der Waals surface area contributed by atoms with Crippen molar-refractivity contribution >= 4 is 27.5 Å². The summed E-state index contributed by atoms with van der Waals surface area (Å²) in [6.45, 7) is 0. The molecule has 23 heavy (non-hydrogen) atoms. The van der Waals surface area contributed by atoms with Crippen LogP contribution in [0.5, 0.6) is 0 Å². The Morgan fingerprint density at radius 1 is 0.870 bits per heavy atom. The minimum Gasteiger partial charge on any atom is -0.258 e. The number of hydrogen-bond donors (Lipinski definition) is 0. The normalized spacial score (nSPS) is 11.0. The third kappa shape index (κ3) is 2.28. The first-order valence-corrected chi connectivity index (χ1v) is 7.12. The summed E-state index contributed by atoms with van der Waals surface area (Å²) in [6, 6.07) is 18.5. The highest BCUT2D eigenvalue weighted by Gasteiger charge is 2.19. The highest BCUT2D eigenvalue weighted by molar-refractivity contribution is 5.89. The molecule has 4 rings (SSSR count). The predicted molar refractivity (Wildman–Crippen MR) is 89.1 cm³/mol. The van der Waals surface area contributed by atoms with E-state index in [0.29, 0.717) is 11.3 Å². The molecule has 2 aromatic heterocycles. The van der Waals surface area contributed by atoms with Gasteiger partial charge in [0.2, 0.25) is 0 Å². The molecule has 2 aromatic carbocycles. The van der Waals surface area contributed by atoms with Crippen molar-refractivity contribution in [2.45, 2.75) is 0 Å². The van der Waals surface area contributed by atoms with E-state index < -0.39 is 4.92 Å². The smallest absolute Gasteiger partial charge is 0.258 e. The molecule has 110 valence electrons. The molecule has 2 heterocycles. The monoisotopic (exact) mass is 301 g/mol. The lowest BCUT2D eigenvalue weighted by Gasteiger charge is -2.06. The number of nitro groups is 1. The molecule has 0 atom stereocenters. The summed E-state index contributed by atoms with van der Waals surface area (Å²) in [6.07, 6.45) is 1.63. The fourth-order valence-electron chi connectivity index (χ4n) is 2.66. The van der Waals surface area contributed by atoms with Gasteiger partial charge in [-0.1, -0.05) is 36.4 Å². The largest absolute Gasteiger partial charge is 0.296 e. The Morgan fingerprint density at radius 2 is 1.52 bits per heavy atom. The van der Waals surface area contributed by atoms with Gasteiger partial charge in [-0.3, -0.25) is 15.1 Å². The third-order valence-electron chi connectivity index (χ3n) is 3.76. The number of fused-ring (bicyclic) bond motifs is 2. The first-order chi connectivity index (χ1) is 11.2. The van der Waals surface area contributed by atoms with Gasteiger partial charge in [0.25, 0.3) is 5.69 Å². The number of aromatic nitrogens is 2. The molecule has 0 fully saturated rings. The minimum atomic E-state index is -0.399. The topological polar surface area (TPSA) is 68.9 Å². The molecule has 0 bridgehead atoms. The summed E-state index contributed by atoms with van der Waals surface area (Å²) in [5.74, 6) is 0. The third-order valence-corrected chi connectivity index (χ3v) is 3.76. The first kappa shape index (κ1) is 13.3. The van der Waals surface area contributed by atoms with Gasteiger partial charge in [-0.25, -0.2) is 4.98 Å². The fourth-order valence-corrected chi connectivity index (χ4v) is 2.66. The van der Waals surface area contributed by atoms with Crippen LogP contribution in [0.4, 0.5) is 5.69 Å². The van der Waals surface area contributed by atoms with Crippen LogP contribution in [0, 0.1) is 10.1 Å².